The number of carboxylic acids is 1. The Kier molecular flexibility index (Phi) is 7.01. The molecule has 4 rings (SSSR count). The zero-order valence-electron chi connectivity index (χ0n) is 14.6. The van der Waals surface area contributed by atoms with Crippen LogP contribution >= 0.6 is 0 Å². The van der Waals surface area contributed by atoms with Crippen LogP contribution in [0, 0.1) is 7.05 Å². The van der Waals surface area contributed by atoms with Gasteiger partial charge in [-0.3, -0.25) is 24.1 Å². The summed E-state index contributed by atoms with van der Waals surface area (Å²) in [4.78, 5) is 61.8. The molecule has 2 aliphatic heterocycles. The first kappa shape index (κ1) is 23.0. The molecule has 0 saturated heterocycles. The van der Waals surface area contributed by atoms with Crippen LogP contribution in [0.5, 0.6) is 0 Å². The average molecular weight is 414 g/mol. The first-order valence-corrected chi connectivity index (χ1v) is 7.18. The molecule has 2 aliphatic rings. The molecule has 0 N–H and O–H groups in total. The molecular weight excluding hydrogens is 406 g/mol. The van der Waals surface area contributed by atoms with E-state index in [0.717, 1.165) is 0 Å². The van der Waals surface area contributed by atoms with Crippen LogP contribution < -0.4 is 108 Å². The molecule has 0 bridgehead atoms. The third kappa shape index (κ3) is 3.35. The molecule has 2 aromatic rings. The third-order valence-electron chi connectivity index (χ3n) is 4.35. The number of hydrogen-bond donors (Lipinski definition) is 0. The Balaban J connectivity index is 0.00000131. The summed E-state index contributed by atoms with van der Waals surface area (Å²) in [7, 11) is 3.42. The number of imide groups is 2. The van der Waals surface area contributed by atoms with Crippen LogP contribution in [0.2, 0.25) is 0 Å². The largest absolute Gasteiger partial charge is 1.00 e. The van der Waals surface area contributed by atoms with Gasteiger partial charge in [0.2, 0.25) is 11.8 Å². The Hall–Kier alpha value is -0.277. The molecule has 0 radical (unpaired) electrons. The first-order chi connectivity index (χ1) is 11.8. The van der Waals surface area contributed by atoms with Crippen molar-refractivity contribution in [2.75, 3.05) is 6.54 Å². The smallest absolute Gasteiger partial charge is 0.548 e. The van der Waals surface area contributed by atoms with Gasteiger partial charge in [0.15, 0.2) is 0 Å². The number of carbonyl (C=O) groups excluding carboxylic acids is 5. The molecule has 2 aromatic carbocycles. The number of benzene rings is 2. The van der Waals surface area contributed by atoms with Crippen LogP contribution in [-0.4, -0.2) is 45.9 Å². The van der Waals surface area contributed by atoms with E-state index < -0.39 is 36.1 Å². The van der Waals surface area contributed by atoms with Gasteiger partial charge in [0.05, 0.1) is 12.5 Å². The summed E-state index contributed by atoms with van der Waals surface area (Å²) >= 11 is 0. The average Bonchev–Trinajstić information content (AvgIpc) is 2.59. The minimum Gasteiger partial charge on any atom is -0.548 e. The molecule has 8 nitrogen and oxygen atoms in total. The summed E-state index contributed by atoms with van der Waals surface area (Å²) in [6.07, 6.45) is 0. The van der Waals surface area contributed by atoms with Crippen molar-refractivity contribution < 1.29 is 132 Å². The van der Waals surface area contributed by atoms with Crippen molar-refractivity contribution in [2.24, 2.45) is 0 Å². The van der Waals surface area contributed by atoms with E-state index in [4.69, 9.17) is 0 Å². The van der Waals surface area contributed by atoms with Crippen molar-refractivity contribution in [3.63, 3.8) is 0 Å². The Bertz CT molecular complexity index is 994. The fourth-order valence-electron chi connectivity index (χ4n) is 3.25. The van der Waals surface area contributed by atoms with Crippen LogP contribution in [0.15, 0.2) is 24.3 Å². The van der Waals surface area contributed by atoms with Gasteiger partial charge in [-0.05, 0) is 24.3 Å². The first-order valence-electron chi connectivity index (χ1n) is 7.18. The zero-order chi connectivity index (χ0) is 18.0. The molecular formula is C17H8K2N2O6. The van der Waals surface area contributed by atoms with Gasteiger partial charge < -0.3 is 14.8 Å². The zero-order valence-corrected chi connectivity index (χ0v) is 20.8. The quantitative estimate of drug-likeness (QED) is 0.274. The van der Waals surface area contributed by atoms with Gasteiger partial charge >= 0.3 is 103 Å². The maximum atomic E-state index is 12.5. The van der Waals surface area contributed by atoms with Crippen LogP contribution in [-0.2, 0) is 4.79 Å². The maximum absolute atomic E-state index is 12.5. The van der Waals surface area contributed by atoms with Crippen molar-refractivity contribution in [3.8, 4) is 0 Å². The normalized spacial score (nSPS) is 14.9. The molecule has 0 saturated carbocycles. The van der Waals surface area contributed by atoms with Gasteiger partial charge in [-0.25, -0.2) is 7.05 Å². The van der Waals surface area contributed by atoms with Gasteiger partial charge in [-0.15, -0.1) is 0 Å². The minimum atomic E-state index is -1.58. The topological polar surface area (TPSA) is 115 Å². The van der Waals surface area contributed by atoms with Crippen LogP contribution in [0.4, 0.5) is 0 Å². The number of hydrogen-bond acceptors (Lipinski definition) is 6. The van der Waals surface area contributed by atoms with E-state index in [0.29, 0.717) is 9.80 Å². The van der Waals surface area contributed by atoms with Gasteiger partial charge in [0.25, 0.3) is 11.8 Å². The predicted octanol–water partition coefficient (Wildman–Crippen LogP) is -6.42. The molecule has 0 fully saturated rings. The van der Waals surface area contributed by atoms with E-state index in [9.17, 15) is 29.1 Å². The monoisotopic (exact) mass is 414 g/mol. The summed E-state index contributed by atoms with van der Waals surface area (Å²) in [6, 6.07) is 5.40. The second-order valence-corrected chi connectivity index (χ2v) is 5.68. The van der Waals surface area contributed by atoms with Crippen molar-refractivity contribution in [3.05, 3.63) is 53.6 Å². The van der Waals surface area contributed by atoms with Crippen molar-refractivity contribution >= 4 is 40.4 Å². The van der Waals surface area contributed by atoms with Gasteiger partial charge in [-0.1, -0.05) is 0 Å². The molecule has 0 aromatic heterocycles. The number of rotatable bonds is 2. The number of aliphatic carboxylic acids is 1. The summed E-state index contributed by atoms with van der Waals surface area (Å²) < 4.78 is 0. The molecule has 10 heteroatoms. The van der Waals surface area contributed by atoms with Crippen molar-refractivity contribution in [1.82, 2.24) is 9.80 Å². The summed E-state index contributed by atoms with van der Waals surface area (Å²) in [5.41, 5.74) is 0.405. The number of carboxylic acid groups (broad SMARTS) is 1. The van der Waals surface area contributed by atoms with Crippen LogP contribution in [0.3, 0.4) is 0 Å². The molecule has 27 heavy (non-hydrogen) atoms. The van der Waals surface area contributed by atoms with E-state index in [-0.39, 0.29) is 136 Å². The molecule has 0 aliphatic carbocycles. The fourth-order valence-corrected chi connectivity index (χ4v) is 3.25. The Morgan fingerprint density at radius 3 is 1.44 bits per heavy atom. The summed E-state index contributed by atoms with van der Waals surface area (Å²) in [5.74, 6) is -4.49. The van der Waals surface area contributed by atoms with Crippen molar-refractivity contribution in [2.45, 2.75) is 0 Å². The predicted molar refractivity (Wildman–Crippen MR) is 80.2 cm³/mol. The number of amides is 4. The van der Waals surface area contributed by atoms with E-state index in [2.05, 4.69) is 7.05 Å². The molecule has 0 atom stereocenters. The van der Waals surface area contributed by atoms with Gasteiger partial charge in [-0.2, -0.15) is 0 Å². The van der Waals surface area contributed by atoms with E-state index >= 15 is 0 Å². The molecule has 4 amide bonds. The molecule has 0 unspecified atom stereocenters. The van der Waals surface area contributed by atoms with E-state index in [1.807, 2.05) is 0 Å². The van der Waals surface area contributed by atoms with Crippen LogP contribution in [0.25, 0.3) is 10.8 Å². The van der Waals surface area contributed by atoms with E-state index in [1.165, 1.54) is 24.3 Å². The fraction of sp³-hybridized carbons (Fsp3) is 0.0588. The summed E-state index contributed by atoms with van der Waals surface area (Å²) in [5, 5.41) is 11.2. The van der Waals surface area contributed by atoms with Gasteiger partial charge in [0.1, 0.15) is 0 Å². The molecule has 0 spiro atoms. The molecule has 2 heterocycles. The third-order valence-corrected chi connectivity index (χ3v) is 4.35. The summed E-state index contributed by atoms with van der Waals surface area (Å²) in [6.45, 7) is -0.882. The molecule has 124 valence electrons. The SMILES string of the molecule is [CH2-]N1C(=O)c2ccc3c4c(ccc(c24)C1=O)C(=O)N(CC(=O)[O-])C3=O.[K+].[K+]. The number of carbonyl (C=O) groups is 5. The Morgan fingerprint density at radius 2 is 1.11 bits per heavy atom. The van der Waals surface area contributed by atoms with Gasteiger partial charge in [0, 0.05) is 33.0 Å². The second kappa shape index (κ2) is 8.22. The Labute approximate surface area is 238 Å². The second-order valence-electron chi connectivity index (χ2n) is 5.68. The van der Waals surface area contributed by atoms with Crippen molar-refractivity contribution in [1.29, 1.82) is 0 Å². The minimum absolute atomic E-state index is 0. The Morgan fingerprint density at radius 1 is 0.778 bits per heavy atom. The standard InChI is InChI=1S/C17H9N2O6.2K/c1-18-14(22)7-2-4-9-13-10(5-3-8(12(7)13)15(18)23)17(25)19(16(9)24)6-11(20)21;;/h2-5H,1,6H2,(H,20,21);;/q-1;2*+1/p-1. The maximum Gasteiger partial charge on any atom is 1.00 e. The number of nitrogens with zero attached hydrogens (tertiary/aromatic N) is 2. The van der Waals surface area contributed by atoms with Crippen LogP contribution in [0.1, 0.15) is 41.4 Å². The van der Waals surface area contributed by atoms with E-state index in [1.54, 1.807) is 0 Å².